The van der Waals surface area contributed by atoms with Crippen molar-refractivity contribution >= 4 is 45.1 Å². The molecule has 3 amide bonds. The van der Waals surface area contributed by atoms with Crippen molar-refractivity contribution < 1.29 is 14.3 Å². The molecule has 0 saturated heterocycles. The summed E-state index contributed by atoms with van der Waals surface area (Å²) >= 11 is 1.59. The Bertz CT molecular complexity index is 1120. The molecule has 0 radical (unpaired) electrons. The second-order valence-electron chi connectivity index (χ2n) is 8.94. The summed E-state index contributed by atoms with van der Waals surface area (Å²) < 4.78 is 6.66. The minimum absolute atomic E-state index is 0.205. The molecule has 168 valence electrons. The topological polar surface area (TPSA) is 74.8 Å². The Morgan fingerprint density at radius 1 is 1.22 bits per heavy atom. The lowest BCUT2D eigenvalue weighted by Crippen LogP contribution is -2.39. The second kappa shape index (κ2) is 8.78. The Morgan fingerprint density at radius 3 is 2.75 bits per heavy atom. The van der Waals surface area contributed by atoms with E-state index in [-0.39, 0.29) is 12.1 Å². The van der Waals surface area contributed by atoms with Gasteiger partial charge in [0.15, 0.2) is 0 Å². The Morgan fingerprint density at radius 2 is 2.00 bits per heavy atom. The molecule has 8 heteroatoms. The number of thiazole rings is 1. The summed E-state index contributed by atoms with van der Waals surface area (Å²) in [7, 11) is 1.75. The number of rotatable bonds is 3. The number of fused-ring (bicyclic) bond motifs is 2. The van der Waals surface area contributed by atoms with Gasteiger partial charge in [-0.25, -0.2) is 14.6 Å². The molecule has 1 aliphatic heterocycles. The van der Waals surface area contributed by atoms with Gasteiger partial charge in [-0.2, -0.15) is 0 Å². The normalized spacial score (nSPS) is 13.6. The number of carbonyl (C=O) groups is 2. The van der Waals surface area contributed by atoms with Crippen molar-refractivity contribution in [1.82, 2.24) is 9.88 Å². The van der Waals surface area contributed by atoms with Crippen LogP contribution in [-0.4, -0.2) is 41.2 Å². The summed E-state index contributed by atoms with van der Waals surface area (Å²) in [5.74, 6) is 0. The maximum absolute atomic E-state index is 12.7. The Hall–Kier alpha value is -3.13. The molecule has 3 aromatic rings. The Labute approximate surface area is 192 Å². The van der Waals surface area contributed by atoms with Crippen LogP contribution in [0.1, 0.15) is 37.8 Å². The monoisotopic (exact) mass is 452 g/mol. The van der Waals surface area contributed by atoms with Crippen LogP contribution < -0.4 is 10.2 Å². The highest BCUT2D eigenvalue weighted by atomic mass is 32.1. The molecule has 0 aliphatic carbocycles. The molecule has 0 spiro atoms. The maximum Gasteiger partial charge on any atom is 0.414 e. The third kappa shape index (κ3) is 5.02. The van der Waals surface area contributed by atoms with Crippen molar-refractivity contribution in [3.63, 3.8) is 0 Å². The zero-order chi connectivity index (χ0) is 22.9. The third-order valence-electron chi connectivity index (χ3n) is 5.12. The predicted octanol–water partition coefficient (Wildman–Crippen LogP) is 5.65. The van der Waals surface area contributed by atoms with Gasteiger partial charge in [0.05, 0.1) is 22.4 Å². The van der Waals surface area contributed by atoms with Gasteiger partial charge in [-0.05, 0) is 69.5 Å². The van der Waals surface area contributed by atoms with Crippen LogP contribution in [0.4, 0.5) is 21.0 Å². The first-order chi connectivity index (χ1) is 15.2. The lowest BCUT2D eigenvalue weighted by molar-refractivity contribution is 0.0578. The van der Waals surface area contributed by atoms with Gasteiger partial charge in [-0.3, -0.25) is 4.90 Å². The van der Waals surface area contributed by atoms with Crippen molar-refractivity contribution in [2.24, 2.45) is 0 Å². The summed E-state index contributed by atoms with van der Waals surface area (Å²) in [5.41, 5.74) is 2.97. The number of ether oxygens (including phenoxy) is 1. The number of nitrogens with zero attached hydrogens (tertiary/aromatic N) is 3. The molecular formula is C24H28N4O3S. The number of hydrogen-bond acceptors (Lipinski definition) is 5. The van der Waals surface area contributed by atoms with E-state index in [9.17, 15) is 9.59 Å². The van der Waals surface area contributed by atoms with Crippen molar-refractivity contribution in [2.75, 3.05) is 23.8 Å². The Balaban J connectivity index is 1.43. The molecule has 0 fully saturated rings. The smallest absolute Gasteiger partial charge is 0.414 e. The zero-order valence-electron chi connectivity index (χ0n) is 18.8. The van der Waals surface area contributed by atoms with Gasteiger partial charge in [-0.15, -0.1) is 11.3 Å². The van der Waals surface area contributed by atoms with Crippen LogP contribution in [0.25, 0.3) is 10.2 Å². The SMILES string of the molecule is CN(Cc1nc2ccccc2s1)C(=O)Nc1ccc2c(c1)CCCN2C(=O)OC(C)(C)C. The average molecular weight is 453 g/mol. The summed E-state index contributed by atoms with van der Waals surface area (Å²) in [5, 5.41) is 3.85. The van der Waals surface area contributed by atoms with E-state index >= 15 is 0 Å². The van der Waals surface area contributed by atoms with E-state index in [1.165, 1.54) is 0 Å². The van der Waals surface area contributed by atoms with Crippen LogP contribution in [0.2, 0.25) is 0 Å². The number of urea groups is 1. The fraction of sp³-hybridized carbons (Fsp3) is 0.375. The number of carbonyl (C=O) groups excluding carboxylic acids is 2. The number of benzene rings is 2. The summed E-state index contributed by atoms with van der Waals surface area (Å²) in [6.45, 7) is 6.64. The van der Waals surface area contributed by atoms with E-state index in [4.69, 9.17) is 4.74 Å². The lowest BCUT2D eigenvalue weighted by atomic mass is 10.0. The summed E-state index contributed by atoms with van der Waals surface area (Å²) in [4.78, 5) is 33.2. The van der Waals surface area contributed by atoms with Crippen LogP contribution >= 0.6 is 11.3 Å². The van der Waals surface area contributed by atoms with Gasteiger partial charge in [0.2, 0.25) is 0 Å². The molecule has 0 atom stereocenters. The van der Waals surface area contributed by atoms with E-state index in [1.807, 2.05) is 63.2 Å². The van der Waals surface area contributed by atoms with Crippen LogP contribution in [0, 0.1) is 0 Å². The van der Waals surface area contributed by atoms with Crippen LogP contribution in [0.3, 0.4) is 0 Å². The third-order valence-corrected chi connectivity index (χ3v) is 6.14. The minimum atomic E-state index is -0.545. The largest absolute Gasteiger partial charge is 0.443 e. The number of nitrogens with one attached hydrogen (secondary N) is 1. The summed E-state index contributed by atoms with van der Waals surface area (Å²) in [6.07, 6.45) is 1.35. The molecule has 7 nitrogen and oxygen atoms in total. The highest BCUT2D eigenvalue weighted by molar-refractivity contribution is 7.18. The number of amides is 3. The van der Waals surface area contributed by atoms with E-state index < -0.39 is 5.60 Å². The van der Waals surface area contributed by atoms with E-state index in [1.54, 1.807) is 28.2 Å². The standard InChI is InChI=1S/C24H28N4O3S/c1-24(2,3)31-23(30)28-13-7-8-16-14-17(11-12-19(16)28)25-22(29)27(4)15-21-26-18-9-5-6-10-20(18)32-21/h5-6,9-12,14H,7-8,13,15H2,1-4H3,(H,25,29). The predicted molar refractivity (Wildman–Crippen MR) is 128 cm³/mol. The van der Waals surface area contributed by atoms with Crippen LogP contribution in [-0.2, 0) is 17.7 Å². The van der Waals surface area contributed by atoms with Gasteiger partial charge in [-0.1, -0.05) is 12.1 Å². The number of hydrogen-bond donors (Lipinski definition) is 1. The minimum Gasteiger partial charge on any atom is -0.443 e. The first-order valence-corrected chi connectivity index (χ1v) is 11.5. The van der Waals surface area contributed by atoms with E-state index in [0.29, 0.717) is 18.8 Å². The van der Waals surface area contributed by atoms with Crippen LogP contribution in [0.5, 0.6) is 0 Å². The van der Waals surface area contributed by atoms with Crippen molar-refractivity contribution in [3.8, 4) is 0 Å². The van der Waals surface area contributed by atoms with Gasteiger partial charge in [0, 0.05) is 19.3 Å². The number of anilines is 2. The molecule has 0 saturated carbocycles. The Kier molecular flexibility index (Phi) is 6.06. The molecule has 1 aromatic heterocycles. The molecule has 0 bridgehead atoms. The first kappa shape index (κ1) is 22.1. The average Bonchev–Trinajstić information content (AvgIpc) is 3.14. The van der Waals surface area contributed by atoms with Gasteiger partial charge in [0.25, 0.3) is 0 Å². The first-order valence-electron chi connectivity index (χ1n) is 10.7. The van der Waals surface area contributed by atoms with Crippen molar-refractivity contribution in [2.45, 2.75) is 45.8 Å². The van der Waals surface area contributed by atoms with Crippen LogP contribution in [0.15, 0.2) is 42.5 Å². The fourth-order valence-electron chi connectivity index (χ4n) is 3.66. The second-order valence-corrected chi connectivity index (χ2v) is 10.1. The quantitative estimate of drug-likeness (QED) is 0.557. The molecule has 1 aliphatic rings. The number of aryl methyl sites for hydroxylation is 1. The van der Waals surface area contributed by atoms with Gasteiger partial charge >= 0.3 is 12.1 Å². The molecular weight excluding hydrogens is 424 g/mol. The van der Waals surface area contributed by atoms with Gasteiger partial charge in [0.1, 0.15) is 10.6 Å². The molecule has 2 aromatic carbocycles. The van der Waals surface area contributed by atoms with Crippen molar-refractivity contribution in [1.29, 1.82) is 0 Å². The van der Waals surface area contributed by atoms with E-state index in [2.05, 4.69) is 10.3 Å². The lowest BCUT2D eigenvalue weighted by Gasteiger charge is -2.32. The molecule has 0 unspecified atom stereocenters. The van der Waals surface area contributed by atoms with E-state index in [0.717, 1.165) is 39.3 Å². The fourth-order valence-corrected chi connectivity index (χ4v) is 4.68. The highest BCUT2D eigenvalue weighted by Gasteiger charge is 2.27. The van der Waals surface area contributed by atoms with Crippen molar-refractivity contribution in [3.05, 3.63) is 53.0 Å². The number of aromatic nitrogens is 1. The molecule has 2 heterocycles. The molecule has 32 heavy (non-hydrogen) atoms. The zero-order valence-corrected chi connectivity index (χ0v) is 19.7. The summed E-state index contributed by atoms with van der Waals surface area (Å²) in [6, 6.07) is 13.4. The maximum atomic E-state index is 12.7. The van der Waals surface area contributed by atoms with Gasteiger partial charge < -0.3 is 15.0 Å². The molecule has 1 N–H and O–H groups in total. The molecule has 4 rings (SSSR count). The highest BCUT2D eigenvalue weighted by Crippen LogP contribution is 2.31. The number of para-hydroxylation sites is 1.